The Bertz CT molecular complexity index is 293. The van der Waals surface area contributed by atoms with E-state index < -0.39 is 6.04 Å². The van der Waals surface area contributed by atoms with E-state index in [0.717, 1.165) is 5.82 Å². The van der Waals surface area contributed by atoms with Crippen molar-refractivity contribution in [3.8, 4) is 0 Å². The van der Waals surface area contributed by atoms with E-state index >= 15 is 0 Å². The molecule has 1 atom stereocenters. The molecule has 1 aromatic rings. The summed E-state index contributed by atoms with van der Waals surface area (Å²) in [7, 11) is 0. The number of hydrogen-bond donors (Lipinski definition) is 3. The van der Waals surface area contributed by atoms with E-state index in [9.17, 15) is 4.79 Å². The van der Waals surface area contributed by atoms with E-state index in [1.54, 1.807) is 13.8 Å². The Morgan fingerprint density at radius 1 is 1.77 bits per heavy atom. The predicted molar refractivity (Wildman–Crippen MR) is 46.6 cm³/mol. The predicted octanol–water partition coefficient (Wildman–Crippen LogP) is -0.923. The highest BCUT2D eigenvalue weighted by molar-refractivity contribution is 5.80. The van der Waals surface area contributed by atoms with Gasteiger partial charge in [0.1, 0.15) is 5.82 Å². The van der Waals surface area contributed by atoms with Gasteiger partial charge >= 0.3 is 0 Å². The molecule has 1 heterocycles. The van der Waals surface area contributed by atoms with Crippen LogP contribution in [0.1, 0.15) is 18.6 Å². The minimum Gasteiger partial charge on any atom is -0.347 e. The van der Waals surface area contributed by atoms with Gasteiger partial charge in [0, 0.05) is 0 Å². The van der Waals surface area contributed by atoms with Crippen molar-refractivity contribution in [2.24, 2.45) is 5.73 Å². The van der Waals surface area contributed by atoms with Crippen molar-refractivity contribution in [2.45, 2.75) is 26.4 Å². The molecule has 0 bridgehead atoms. The zero-order chi connectivity index (χ0) is 9.84. The molecule has 0 radical (unpaired) electrons. The molecule has 1 unspecified atom stereocenters. The SMILES string of the molecule is Cc1nc(CNC(=O)C(C)N)n[nH]1. The molecule has 4 N–H and O–H groups in total. The lowest BCUT2D eigenvalue weighted by Crippen LogP contribution is -2.38. The van der Waals surface area contributed by atoms with Gasteiger partial charge in [-0.1, -0.05) is 0 Å². The normalized spacial score (nSPS) is 12.5. The van der Waals surface area contributed by atoms with Crippen LogP contribution < -0.4 is 11.1 Å². The van der Waals surface area contributed by atoms with Crippen LogP contribution in [0.15, 0.2) is 0 Å². The molecule has 1 rings (SSSR count). The molecule has 1 amide bonds. The van der Waals surface area contributed by atoms with Gasteiger partial charge in [0.15, 0.2) is 5.82 Å². The fourth-order valence-electron chi connectivity index (χ4n) is 0.795. The number of aromatic nitrogens is 3. The fourth-order valence-corrected chi connectivity index (χ4v) is 0.795. The summed E-state index contributed by atoms with van der Waals surface area (Å²) in [6, 6.07) is -0.500. The smallest absolute Gasteiger partial charge is 0.237 e. The zero-order valence-corrected chi connectivity index (χ0v) is 7.66. The van der Waals surface area contributed by atoms with Crippen molar-refractivity contribution < 1.29 is 4.79 Å². The summed E-state index contributed by atoms with van der Waals surface area (Å²) in [5, 5.41) is 9.14. The van der Waals surface area contributed by atoms with E-state index in [1.165, 1.54) is 0 Å². The second-order valence-electron chi connectivity index (χ2n) is 2.84. The van der Waals surface area contributed by atoms with Gasteiger partial charge < -0.3 is 11.1 Å². The summed E-state index contributed by atoms with van der Waals surface area (Å²) < 4.78 is 0. The van der Waals surface area contributed by atoms with E-state index in [2.05, 4.69) is 20.5 Å². The number of carbonyl (C=O) groups is 1. The molecule has 0 aliphatic carbocycles. The third-order valence-corrected chi connectivity index (χ3v) is 1.48. The molecule has 0 fully saturated rings. The highest BCUT2D eigenvalue weighted by Gasteiger charge is 2.07. The Morgan fingerprint density at radius 2 is 2.46 bits per heavy atom. The third-order valence-electron chi connectivity index (χ3n) is 1.48. The van der Waals surface area contributed by atoms with Gasteiger partial charge in [0.2, 0.25) is 5.91 Å². The molecule has 0 spiro atoms. The molecule has 0 saturated heterocycles. The lowest BCUT2D eigenvalue weighted by atomic mass is 10.3. The number of amides is 1. The maximum absolute atomic E-state index is 11.0. The summed E-state index contributed by atoms with van der Waals surface area (Å²) in [6.07, 6.45) is 0. The standard InChI is InChI=1S/C7H13N5O/c1-4(8)7(13)9-3-6-10-5(2)11-12-6/h4H,3,8H2,1-2H3,(H,9,13)(H,10,11,12). The number of carbonyl (C=O) groups excluding carboxylic acids is 1. The van der Waals surface area contributed by atoms with E-state index in [-0.39, 0.29) is 5.91 Å². The maximum Gasteiger partial charge on any atom is 0.237 e. The highest BCUT2D eigenvalue weighted by Crippen LogP contribution is 1.89. The quantitative estimate of drug-likeness (QED) is 0.564. The zero-order valence-electron chi connectivity index (χ0n) is 7.66. The summed E-state index contributed by atoms with van der Waals surface area (Å²) in [5.74, 6) is 1.08. The number of nitrogens with one attached hydrogen (secondary N) is 2. The average molecular weight is 183 g/mol. The number of nitrogens with zero attached hydrogens (tertiary/aromatic N) is 2. The topological polar surface area (TPSA) is 96.7 Å². The first kappa shape index (κ1) is 9.66. The molecule has 0 aliphatic rings. The summed E-state index contributed by atoms with van der Waals surface area (Å²) in [5.41, 5.74) is 5.34. The summed E-state index contributed by atoms with van der Waals surface area (Å²) >= 11 is 0. The Morgan fingerprint density at radius 3 is 2.92 bits per heavy atom. The van der Waals surface area contributed by atoms with Gasteiger partial charge in [-0.05, 0) is 13.8 Å². The monoisotopic (exact) mass is 183 g/mol. The minimum atomic E-state index is -0.500. The molecule has 1 aromatic heterocycles. The number of aryl methyl sites for hydroxylation is 1. The van der Waals surface area contributed by atoms with Crippen LogP contribution in [-0.4, -0.2) is 27.1 Å². The maximum atomic E-state index is 11.0. The molecule has 6 heteroatoms. The molecule has 13 heavy (non-hydrogen) atoms. The number of rotatable bonds is 3. The van der Waals surface area contributed by atoms with Crippen molar-refractivity contribution >= 4 is 5.91 Å². The second kappa shape index (κ2) is 3.99. The van der Waals surface area contributed by atoms with Gasteiger partial charge in [-0.15, -0.1) is 0 Å². The van der Waals surface area contributed by atoms with Crippen LogP contribution in [0.2, 0.25) is 0 Å². The Balaban J connectivity index is 2.39. The Labute approximate surface area is 75.9 Å². The minimum absolute atomic E-state index is 0.206. The van der Waals surface area contributed by atoms with Crippen molar-refractivity contribution in [3.05, 3.63) is 11.6 Å². The van der Waals surface area contributed by atoms with E-state index in [1.807, 2.05) is 0 Å². The first-order valence-corrected chi connectivity index (χ1v) is 4.01. The van der Waals surface area contributed by atoms with Crippen LogP contribution in [0.3, 0.4) is 0 Å². The Kier molecular flexibility index (Phi) is 2.97. The molecule has 0 saturated carbocycles. The summed E-state index contributed by atoms with van der Waals surface area (Å²) in [6.45, 7) is 3.73. The van der Waals surface area contributed by atoms with Crippen LogP contribution in [0.4, 0.5) is 0 Å². The number of H-pyrrole nitrogens is 1. The van der Waals surface area contributed by atoms with Gasteiger partial charge in [-0.3, -0.25) is 9.89 Å². The molecule has 0 aromatic carbocycles. The lowest BCUT2D eigenvalue weighted by molar-refractivity contribution is -0.122. The molecule has 0 aliphatic heterocycles. The van der Waals surface area contributed by atoms with Crippen molar-refractivity contribution in [3.63, 3.8) is 0 Å². The molecule has 6 nitrogen and oxygen atoms in total. The van der Waals surface area contributed by atoms with Gasteiger partial charge in [-0.25, -0.2) is 4.98 Å². The van der Waals surface area contributed by atoms with Crippen LogP contribution >= 0.6 is 0 Å². The largest absolute Gasteiger partial charge is 0.347 e. The van der Waals surface area contributed by atoms with Gasteiger partial charge in [0.25, 0.3) is 0 Å². The number of hydrogen-bond acceptors (Lipinski definition) is 4. The first-order valence-electron chi connectivity index (χ1n) is 4.01. The van der Waals surface area contributed by atoms with Crippen molar-refractivity contribution in [1.82, 2.24) is 20.5 Å². The second-order valence-corrected chi connectivity index (χ2v) is 2.84. The van der Waals surface area contributed by atoms with Gasteiger partial charge in [-0.2, -0.15) is 5.10 Å². The van der Waals surface area contributed by atoms with Gasteiger partial charge in [0.05, 0.1) is 12.6 Å². The molecule has 72 valence electrons. The molecular weight excluding hydrogens is 170 g/mol. The summed E-state index contributed by atoms with van der Waals surface area (Å²) in [4.78, 5) is 15.0. The first-order chi connectivity index (χ1) is 6.09. The van der Waals surface area contributed by atoms with Crippen LogP contribution in [0.25, 0.3) is 0 Å². The van der Waals surface area contributed by atoms with E-state index in [4.69, 9.17) is 5.73 Å². The fraction of sp³-hybridized carbons (Fsp3) is 0.571. The highest BCUT2D eigenvalue weighted by atomic mass is 16.2. The van der Waals surface area contributed by atoms with Crippen LogP contribution in [0.5, 0.6) is 0 Å². The average Bonchev–Trinajstić information content (AvgIpc) is 2.47. The Hall–Kier alpha value is -1.43. The van der Waals surface area contributed by atoms with Crippen molar-refractivity contribution in [1.29, 1.82) is 0 Å². The number of aromatic amines is 1. The third kappa shape index (κ3) is 2.83. The molecular formula is C7H13N5O. The van der Waals surface area contributed by atoms with Crippen LogP contribution in [0, 0.1) is 6.92 Å². The van der Waals surface area contributed by atoms with E-state index in [0.29, 0.717) is 12.4 Å². The lowest BCUT2D eigenvalue weighted by Gasteiger charge is -2.04. The number of nitrogens with two attached hydrogens (primary N) is 1. The van der Waals surface area contributed by atoms with Crippen LogP contribution in [-0.2, 0) is 11.3 Å². The van der Waals surface area contributed by atoms with Crippen molar-refractivity contribution in [2.75, 3.05) is 0 Å².